The molecule has 1 N–H and O–H groups in total. The second-order valence-corrected chi connectivity index (χ2v) is 9.35. The Labute approximate surface area is 171 Å². The lowest BCUT2D eigenvalue weighted by Crippen LogP contribution is -2.37. The number of carbonyl (C=O) groups excluding carboxylic acids is 2. The van der Waals surface area contributed by atoms with E-state index in [9.17, 15) is 14.7 Å². The molecule has 0 spiro atoms. The van der Waals surface area contributed by atoms with Crippen molar-refractivity contribution in [2.45, 2.75) is 45.8 Å². The normalized spacial score (nSPS) is 22.5. The summed E-state index contributed by atoms with van der Waals surface area (Å²) in [4.78, 5) is 33.6. The van der Waals surface area contributed by atoms with Gasteiger partial charge in [0.2, 0.25) is 5.78 Å². The molecule has 2 aromatic rings. The van der Waals surface area contributed by atoms with E-state index in [0.29, 0.717) is 23.7 Å². The van der Waals surface area contributed by atoms with E-state index in [4.69, 9.17) is 4.74 Å². The third kappa shape index (κ3) is 3.19. The molecule has 148 valence electrons. The van der Waals surface area contributed by atoms with E-state index in [2.05, 4.69) is 4.98 Å². The van der Waals surface area contributed by atoms with Gasteiger partial charge in [0, 0.05) is 18.0 Å². The minimum absolute atomic E-state index is 0.0682. The number of rotatable bonds is 5. The first-order valence-corrected chi connectivity index (χ1v) is 11.0. The highest BCUT2D eigenvalue weighted by molar-refractivity contribution is 7.14. The van der Waals surface area contributed by atoms with Gasteiger partial charge in [-0.2, -0.15) is 0 Å². The van der Waals surface area contributed by atoms with Crippen molar-refractivity contribution in [3.63, 3.8) is 0 Å². The second kappa shape index (κ2) is 7.42. The van der Waals surface area contributed by atoms with Crippen LogP contribution in [0.4, 0.5) is 0 Å². The van der Waals surface area contributed by atoms with Crippen molar-refractivity contribution in [3.05, 3.63) is 48.8 Å². The third-order valence-corrected chi connectivity index (χ3v) is 7.38. The molecule has 2 aromatic heterocycles. The number of ketones is 1. The monoisotopic (exact) mass is 418 g/mol. The van der Waals surface area contributed by atoms with Gasteiger partial charge in [-0.1, -0.05) is 0 Å². The van der Waals surface area contributed by atoms with Gasteiger partial charge in [-0.05, 0) is 50.6 Å². The number of Topliss-reactive ketones (excluding diaryl/α,β-unsaturated/α-hetero) is 1. The van der Waals surface area contributed by atoms with Gasteiger partial charge in [0.05, 0.1) is 27.3 Å². The maximum Gasteiger partial charge on any atom is 0.290 e. The molecule has 0 aliphatic carbocycles. The van der Waals surface area contributed by atoms with E-state index >= 15 is 0 Å². The van der Waals surface area contributed by atoms with Gasteiger partial charge < -0.3 is 14.7 Å². The molecule has 0 bridgehead atoms. The summed E-state index contributed by atoms with van der Waals surface area (Å²) in [6.07, 6.45) is 1.76. The summed E-state index contributed by atoms with van der Waals surface area (Å²) in [5.41, 5.74) is 1.78. The van der Waals surface area contributed by atoms with E-state index in [0.717, 1.165) is 28.3 Å². The summed E-state index contributed by atoms with van der Waals surface area (Å²) in [5.74, 6) is -1.27. The highest BCUT2D eigenvalue weighted by Gasteiger charge is 2.46. The maximum absolute atomic E-state index is 13.4. The Morgan fingerprint density at radius 3 is 2.75 bits per heavy atom. The zero-order valence-corrected chi connectivity index (χ0v) is 17.7. The third-order valence-electron chi connectivity index (χ3n) is 5.23. The number of nitrogens with zero attached hydrogens (tertiary/aromatic N) is 2. The summed E-state index contributed by atoms with van der Waals surface area (Å²) in [6.45, 7) is 6.62. The van der Waals surface area contributed by atoms with Crippen molar-refractivity contribution < 1.29 is 19.4 Å². The Balaban J connectivity index is 1.78. The molecule has 2 aliphatic heterocycles. The Morgan fingerprint density at radius 1 is 1.39 bits per heavy atom. The number of ether oxygens (including phenoxy) is 1. The van der Waals surface area contributed by atoms with Crippen LogP contribution in [0.25, 0.3) is 0 Å². The number of hydrogen-bond acceptors (Lipinski definition) is 7. The van der Waals surface area contributed by atoms with E-state index in [1.54, 1.807) is 11.8 Å². The summed E-state index contributed by atoms with van der Waals surface area (Å²) in [7, 11) is 0. The number of aliphatic hydroxyl groups excluding tert-OH is 1. The Bertz CT molecular complexity index is 969. The van der Waals surface area contributed by atoms with E-state index in [1.165, 1.54) is 22.7 Å². The molecule has 0 aromatic carbocycles. The average molecular weight is 419 g/mol. The van der Waals surface area contributed by atoms with Gasteiger partial charge >= 0.3 is 0 Å². The van der Waals surface area contributed by atoms with Gasteiger partial charge in [-0.25, -0.2) is 4.98 Å². The fourth-order valence-electron chi connectivity index (χ4n) is 3.88. The highest BCUT2D eigenvalue weighted by atomic mass is 32.1. The molecular formula is C20H22N2O4S2. The van der Waals surface area contributed by atoms with Crippen LogP contribution in [0.3, 0.4) is 0 Å². The number of carbonyl (C=O) groups is 2. The van der Waals surface area contributed by atoms with Gasteiger partial charge in [-0.3, -0.25) is 9.59 Å². The molecule has 1 fully saturated rings. The lowest BCUT2D eigenvalue weighted by atomic mass is 9.98. The molecule has 2 unspecified atom stereocenters. The minimum Gasteiger partial charge on any atom is -0.503 e. The van der Waals surface area contributed by atoms with Crippen LogP contribution in [0.2, 0.25) is 0 Å². The first-order valence-electron chi connectivity index (χ1n) is 9.27. The van der Waals surface area contributed by atoms with Crippen molar-refractivity contribution >= 4 is 34.4 Å². The topological polar surface area (TPSA) is 79.7 Å². The molecule has 0 saturated carbocycles. The molecule has 4 rings (SSSR count). The van der Waals surface area contributed by atoms with Crippen LogP contribution in [0.1, 0.15) is 49.7 Å². The van der Waals surface area contributed by atoms with Crippen molar-refractivity contribution in [1.29, 1.82) is 0 Å². The highest BCUT2D eigenvalue weighted by Crippen LogP contribution is 2.43. The van der Waals surface area contributed by atoms with Crippen molar-refractivity contribution in [2.75, 3.05) is 13.2 Å². The summed E-state index contributed by atoms with van der Waals surface area (Å²) in [5, 5.41) is 13.4. The first-order chi connectivity index (χ1) is 13.4. The molecule has 0 radical (unpaired) electrons. The van der Waals surface area contributed by atoms with Crippen molar-refractivity contribution in [2.24, 2.45) is 0 Å². The zero-order valence-electron chi connectivity index (χ0n) is 16.0. The van der Waals surface area contributed by atoms with Crippen LogP contribution in [0.15, 0.2) is 22.8 Å². The number of thiophene rings is 1. The largest absolute Gasteiger partial charge is 0.503 e. The van der Waals surface area contributed by atoms with Crippen LogP contribution >= 0.6 is 22.7 Å². The average Bonchev–Trinajstić information content (AvgIpc) is 3.41. The standard InChI is InChI=1S/C20H22N2O4S2/c1-10-6-8-27-18(10)15-14(16(23)19-11(2)21-12(3)28-19)17(24)20(25)22(15)9-13-5-4-7-26-13/h6,8,13,15,24H,4-5,7,9H2,1-3H3. The summed E-state index contributed by atoms with van der Waals surface area (Å²) < 4.78 is 5.71. The number of thiazole rings is 1. The van der Waals surface area contributed by atoms with E-state index in [-0.39, 0.29) is 17.5 Å². The molecule has 1 amide bonds. The van der Waals surface area contributed by atoms with Gasteiger partial charge in [0.15, 0.2) is 5.76 Å². The minimum atomic E-state index is -0.592. The van der Waals surface area contributed by atoms with Gasteiger partial charge in [0.25, 0.3) is 5.91 Å². The number of amides is 1. The molecule has 4 heterocycles. The van der Waals surface area contributed by atoms with Gasteiger partial charge in [0.1, 0.15) is 6.04 Å². The molecule has 1 saturated heterocycles. The van der Waals surface area contributed by atoms with Crippen LogP contribution in [0.5, 0.6) is 0 Å². The summed E-state index contributed by atoms with van der Waals surface area (Å²) in [6, 6.07) is 1.37. The van der Waals surface area contributed by atoms with Crippen LogP contribution < -0.4 is 0 Å². The quantitative estimate of drug-likeness (QED) is 0.745. The molecule has 6 nitrogen and oxygen atoms in total. The van der Waals surface area contributed by atoms with Crippen LogP contribution in [-0.4, -0.2) is 45.9 Å². The predicted octanol–water partition coefficient (Wildman–Crippen LogP) is 3.89. The Morgan fingerprint density at radius 2 is 2.18 bits per heavy atom. The van der Waals surface area contributed by atoms with Crippen molar-refractivity contribution in [3.8, 4) is 0 Å². The van der Waals surface area contributed by atoms with E-state index in [1.807, 2.05) is 25.3 Å². The lowest BCUT2D eigenvalue weighted by molar-refractivity contribution is -0.130. The number of aromatic nitrogens is 1. The number of aliphatic hydroxyl groups is 1. The molecule has 8 heteroatoms. The Kier molecular flexibility index (Phi) is 5.11. The maximum atomic E-state index is 13.4. The molecule has 2 aliphatic rings. The summed E-state index contributed by atoms with van der Waals surface area (Å²) >= 11 is 2.79. The SMILES string of the molecule is Cc1nc(C)c(C(=O)C2=C(O)C(=O)N(CC3CCCO3)C2c2sccc2C)s1. The van der Waals surface area contributed by atoms with Gasteiger partial charge in [-0.15, -0.1) is 22.7 Å². The first kappa shape index (κ1) is 19.3. The number of hydrogen-bond donors (Lipinski definition) is 1. The van der Waals surface area contributed by atoms with Crippen molar-refractivity contribution in [1.82, 2.24) is 9.88 Å². The predicted molar refractivity (Wildman–Crippen MR) is 108 cm³/mol. The lowest BCUT2D eigenvalue weighted by Gasteiger charge is -2.28. The van der Waals surface area contributed by atoms with E-state index < -0.39 is 17.7 Å². The van der Waals surface area contributed by atoms with Crippen LogP contribution in [-0.2, 0) is 9.53 Å². The molecule has 28 heavy (non-hydrogen) atoms. The Hall–Kier alpha value is -2.03. The fraction of sp³-hybridized carbons (Fsp3) is 0.450. The smallest absolute Gasteiger partial charge is 0.290 e. The van der Waals surface area contributed by atoms with Crippen LogP contribution in [0, 0.1) is 20.8 Å². The molecule has 2 atom stereocenters. The fourth-order valence-corrected chi connectivity index (χ4v) is 5.80. The second-order valence-electron chi connectivity index (χ2n) is 7.20. The number of aryl methyl sites for hydroxylation is 3. The zero-order chi connectivity index (χ0) is 20.0. The molecular weight excluding hydrogens is 396 g/mol.